The lowest BCUT2D eigenvalue weighted by Crippen LogP contribution is -2.48. The number of carbonyl (C=O) groups is 1. The van der Waals surface area contributed by atoms with E-state index in [1.54, 1.807) is 18.5 Å². The highest BCUT2D eigenvalue weighted by molar-refractivity contribution is 5.98. The lowest BCUT2D eigenvalue weighted by Gasteiger charge is -2.34. The Hall–Kier alpha value is -3.50. The maximum absolute atomic E-state index is 13.5. The molecule has 3 heterocycles. The standard InChI is InChI=1S/C21H20F3N7O/c1-12-2-3-14(16(6-12)31-27-4-5-28-31)20(32)30-11-13-7-15(17(30)8-13)29-19-10-25-18(9-26-19)21(22,23)24/h2-6,9-10,13,15,17H,7-8,11H2,1H3,(H,26,29)/t13-,15+,17-/m0/s1. The number of likely N-dealkylation sites (tertiary alicyclic amines) is 1. The van der Waals surface area contributed by atoms with Gasteiger partial charge in [0.1, 0.15) is 5.82 Å². The number of amides is 1. The number of nitrogens with one attached hydrogen (secondary N) is 1. The molecule has 2 fully saturated rings. The van der Waals surface area contributed by atoms with E-state index in [9.17, 15) is 18.0 Å². The summed E-state index contributed by atoms with van der Waals surface area (Å²) >= 11 is 0. The van der Waals surface area contributed by atoms with Crippen LogP contribution >= 0.6 is 0 Å². The second-order valence-corrected chi connectivity index (χ2v) is 8.24. The number of rotatable bonds is 4. The molecule has 1 amide bonds. The van der Waals surface area contributed by atoms with Crippen LogP contribution in [0.25, 0.3) is 5.69 Å². The van der Waals surface area contributed by atoms with E-state index in [1.807, 2.05) is 24.0 Å². The first-order valence-electron chi connectivity index (χ1n) is 10.2. The summed E-state index contributed by atoms with van der Waals surface area (Å²) in [4.78, 5) is 24.1. The molecule has 32 heavy (non-hydrogen) atoms. The first-order chi connectivity index (χ1) is 15.3. The van der Waals surface area contributed by atoms with E-state index < -0.39 is 11.9 Å². The summed E-state index contributed by atoms with van der Waals surface area (Å²) in [5, 5.41) is 11.5. The van der Waals surface area contributed by atoms with E-state index >= 15 is 0 Å². The van der Waals surface area contributed by atoms with Gasteiger partial charge < -0.3 is 10.2 Å². The molecule has 1 aromatic carbocycles. The molecule has 11 heteroatoms. The Kier molecular flexibility index (Phi) is 4.83. The van der Waals surface area contributed by atoms with Crippen molar-refractivity contribution in [2.75, 3.05) is 11.9 Å². The topological polar surface area (TPSA) is 88.8 Å². The molecular weight excluding hydrogens is 423 g/mol. The Bertz CT molecular complexity index is 1130. The molecule has 1 N–H and O–H groups in total. The lowest BCUT2D eigenvalue weighted by molar-refractivity contribution is -0.141. The summed E-state index contributed by atoms with van der Waals surface area (Å²) in [5.74, 6) is 0.468. The van der Waals surface area contributed by atoms with Crippen LogP contribution in [0.2, 0.25) is 0 Å². The summed E-state index contributed by atoms with van der Waals surface area (Å²) in [5.41, 5.74) is 1.07. The minimum absolute atomic E-state index is 0.0867. The van der Waals surface area contributed by atoms with E-state index in [-0.39, 0.29) is 23.8 Å². The molecule has 2 aliphatic rings. The first-order valence-corrected chi connectivity index (χ1v) is 10.2. The number of halogens is 3. The first kappa shape index (κ1) is 20.4. The van der Waals surface area contributed by atoms with Crippen molar-refractivity contribution < 1.29 is 18.0 Å². The van der Waals surface area contributed by atoms with Gasteiger partial charge in [-0.3, -0.25) is 4.79 Å². The van der Waals surface area contributed by atoms with E-state index in [4.69, 9.17) is 0 Å². The molecule has 1 aliphatic heterocycles. The van der Waals surface area contributed by atoms with Crippen LogP contribution in [-0.2, 0) is 6.18 Å². The van der Waals surface area contributed by atoms with Crippen LogP contribution in [0, 0.1) is 12.8 Å². The molecule has 8 nitrogen and oxygen atoms in total. The van der Waals surface area contributed by atoms with Gasteiger partial charge in [-0.15, -0.1) is 0 Å². The zero-order valence-electron chi connectivity index (χ0n) is 17.1. The number of hydrogen-bond acceptors (Lipinski definition) is 6. The van der Waals surface area contributed by atoms with Crippen molar-refractivity contribution in [3.8, 4) is 5.69 Å². The number of anilines is 1. The SMILES string of the molecule is Cc1ccc(C(=O)N2C[C@H]3C[C@@H](Nc4cnc(C(F)(F)F)cn4)[C@@H]2C3)c(-n2nccn2)c1. The number of piperidine rings is 1. The molecule has 3 atom stereocenters. The van der Waals surface area contributed by atoms with E-state index in [0.717, 1.165) is 24.6 Å². The second-order valence-electron chi connectivity index (χ2n) is 8.24. The van der Waals surface area contributed by atoms with Crippen molar-refractivity contribution >= 4 is 11.7 Å². The Morgan fingerprint density at radius 3 is 2.56 bits per heavy atom. The quantitative estimate of drug-likeness (QED) is 0.667. The van der Waals surface area contributed by atoms with Gasteiger partial charge in [0.25, 0.3) is 5.91 Å². The molecule has 0 radical (unpaired) electrons. The minimum atomic E-state index is -4.53. The van der Waals surface area contributed by atoms with E-state index in [1.165, 1.54) is 4.80 Å². The monoisotopic (exact) mass is 443 g/mol. The third-order valence-electron chi connectivity index (χ3n) is 6.04. The minimum Gasteiger partial charge on any atom is -0.364 e. The van der Waals surface area contributed by atoms with Gasteiger partial charge in [-0.1, -0.05) is 6.07 Å². The maximum atomic E-state index is 13.5. The summed E-state index contributed by atoms with van der Waals surface area (Å²) in [6.07, 6.45) is 2.03. The van der Waals surface area contributed by atoms with Gasteiger partial charge in [-0.05, 0) is 43.4 Å². The average Bonchev–Trinajstić information content (AvgIpc) is 3.50. The van der Waals surface area contributed by atoms with Crippen molar-refractivity contribution in [1.29, 1.82) is 0 Å². The smallest absolute Gasteiger partial charge is 0.364 e. The fourth-order valence-electron chi connectivity index (χ4n) is 4.64. The van der Waals surface area contributed by atoms with Crippen molar-refractivity contribution in [3.05, 3.63) is 59.8 Å². The largest absolute Gasteiger partial charge is 0.434 e. The summed E-state index contributed by atoms with van der Waals surface area (Å²) < 4.78 is 38.2. The van der Waals surface area contributed by atoms with Crippen LogP contribution in [0.3, 0.4) is 0 Å². The van der Waals surface area contributed by atoms with Crippen molar-refractivity contribution in [2.24, 2.45) is 5.92 Å². The molecule has 5 rings (SSSR count). The third-order valence-corrected chi connectivity index (χ3v) is 6.04. The summed E-state index contributed by atoms with van der Waals surface area (Å²) in [6.45, 7) is 2.57. The Morgan fingerprint density at radius 2 is 1.91 bits per heavy atom. The zero-order valence-corrected chi connectivity index (χ0v) is 17.1. The highest BCUT2D eigenvalue weighted by Gasteiger charge is 2.47. The number of fused-ring (bicyclic) bond motifs is 2. The van der Waals surface area contributed by atoms with Gasteiger partial charge in [-0.25, -0.2) is 9.97 Å². The van der Waals surface area contributed by atoms with Gasteiger partial charge in [0.2, 0.25) is 0 Å². The van der Waals surface area contributed by atoms with Gasteiger partial charge in [-0.2, -0.15) is 28.2 Å². The van der Waals surface area contributed by atoms with Crippen LogP contribution < -0.4 is 5.32 Å². The van der Waals surface area contributed by atoms with E-state index in [0.29, 0.717) is 29.9 Å². The zero-order chi connectivity index (χ0) is 22.5. The molecule has 2 aromatic heterocycles. The number of hydrogen-bond donors (Lipinski definition) is 1. The van der Waals surface area contributed by atoms with Crippen molar-refractivity contribution in [1.82, 2.24) is 29.9 Å². The van der Waals surface area contributed by atoms with E-state index in [2.05, 4.69) is 25.5 Å². The molecule has 1 saturated carbocycles. The molecule has 0 unspecified atom stereocenters. The van der Waals surface area contributed by atoms with Crippen molar-refractivity contribution in [2.45, 2.75) is 38.0 Å². The third kappa shape index (κ3) is 3.67. The van der Waals surface area contributed by atoms with Gasteiger partial charge >= 0.3 is 6.18 Å². The normalized spacial score (nSPS) is 22.4. The van der Waals surface area contributed by atoms with Gasteiger partial charge in [0.05, 0.1) is 42.1 Å². The average molecular weight is 443 g/mol. The number of nitrogens with zero attached hydrogens (tertiary/aromatic N) is 6. The summed E-state index contributed by atoms with van der Waals surface area (Å²) in [6, 6.07) is 5.33. The molecule has 1 saturated heterocycles. The number of aromatic nitrogens is 5. The maximum Gasteiger partial charge on any atom is 0.434 e. The van der Waals surface area contributed by atoms with Gasteiger partial charge in [0.15, 0.2) is 5.69 Å². The molecule has 3 aromatic rings. The fraction of sp³-hybridized carbons (Fsp3) is 0.381. The molecular formula is C21H20F3N7O. The summed E-state index contributed by atoms with van der Waals surface area (Å²) in [7, 11) is 0. The van der Waals surface area contributed by atoms with Gasteiger partial charge in [0, 0.05) is 12.6 Å². The molecule has 1 aliphatic carbocycles. The fourth-order valence-corrected chi connectivity index (χ4v) is 4.64. The highest BCUT2D eigenvalue weighted by Crippen LogP contribution is 2.40. The molecule has 166 valence electrons. The number of aryl methyl sites for hydroxylation is 1. The molecule has 0 spiro atoms. The van der Waals surface area contributed by atoms with Crippen LogP contribution in [0.1, 0.15) is 34.5 Å². The molecule has 2 bridgehead atoms. The van der Waals surface area contributed by atoms with Crippen LogP contribution in [0.15, 0.2) is 43.0 Å². The predicted molar refractivity (Wildman–Crippen MR) is 108 cm³/mol. The second kappa shape index (κ2) is 7.57. The Balaban J connectivity index is 1.36. The number of carbonyl (C=O) groups excluding carboxylic acids is 1. The van der Waals surface area contributed by atoms with Crippen molar-refractivity contribution in [3.63, 3.8) is 0 Å². The number of alkyl halides is 3. The van der Waals surface area contributed by atoms with Crippen LogP contribution in [0.4, 0.5) is 19.0 Å². The highest BCUT2D eigenvalue weighted by atomic mass is 19.4. The van der Waals surface area contributed by atoms with Crippen LogP contribution in [-0.4, -0.2) is 54.4 Å². The lowest BCUT2D eigenvalue weighted by atomic mass is 10.0. The number of benzene rings is 1. The Labute approximate surface area is 181 Å². The Morgan fingerprint density at radius 1 is 1.12 bits per heavy atom. The van der Waals surface area contributed by atoms with Crippen LogP contribution in [0.5, 0.6) is 0 Å². The predicted octanol–water partition coefficient (Wildman–Crippen LogP) is 3.10.